The van der Waals surface area contributed by atoms with Gasteiger partial charge in [-0.05, 0) is 43.1 Å². The van der Waals surface area contributed by atoms with Crippen LogP contribution in [0.3, 0.4) is 0 Å². The molecular formula is C35H34O2P2. The van der Waals surface area contributed by atoms with E-state index in [4.69, 9.17) is 0 Å². The summed E-state index contributed by atoms with van der Waals surface area (Å²) in [6.07, 6.45) is 1.16. The Labute approximate surface area is 233 Å². The monoisotopic (exact) mass is 548 g/mol. The fraction of sp³-hybridized carbons (Fsp3) is 0.143. The van der Waals surface area contributed by atoms with Gasteiger partial charge in [-0.1, -0.05) is 152 Å². The molecule has 5 rings (SSSR count). The number of hydrogen-bond acceptors (Lipinski definition) is 2. The van der Waals surface area contributed by atoms with Crippen LogP contribution in [0.2, 0.25) is 0 Å². The highest BCUT2D eigenvalue weighted by Crippen LogP contribution is 2.54. The van der Waals surface area contributed by atoms with Crippen LogP contribution in [-0.4, -0.2) is 23.0 Å². The van der Waals surface area contributed by atoms with E-state index in [-0.39, 0.29) is 0 Å². The summed E-state index contributed by atoms with van der Waals surface area (Å²) in [5.74, 6) is 0. The van der Waals surface area contributed by atoms with Crippen LogP contribution in [0.25, 0.3) is 0 Å². The van der Waals surface area contributed by atoms with Crippen molar-refractivity contribution in [2.45, 2.75) is 24.6 Å². The summed E-state index contributed by atoms with van der Waals surface area (Å²) >= 11 is 0. The molecule has 196 valence electrons. The Balaban J connectivity index is 1.62. The number of aryl methyl sites for hydroxylation is 1. The number of aliphatic hydroxyl groups excluding tert-OH is 1. The Morgan fingerprint density at radius 3 is 1.38 bits per heavy atom. The summed E-state index contributed by atoms with van der Waals surface area (Å²) in [7, 11) is -4.11. The molecule has 0 saturated heterocycles. The van der Waals surface area contributed by atoms with Crippen LogP contribution in [0.1, 0.15) is 12.0 Å². The number of hydrogen-bond donors (Lipinski definition) is 1. The minimum Gasteiger partial charge on any atom is -0.392 e. The van der Waals surface area contributed by atoms with Crippen molar-refractivity contribution in [2.24, 2.45) is 0 Å². The predicted molar refractivity (Wildman–Crippen MR) is 168 cm³/mol. The van der Waals surface area contributed by atoms with Crippen molar-refractivity contribution in [3.8, 4) is 0 Å². The molecule has 0 radical (unpaired) electrons. The molecule has 39 heavy (non-hydrogen) atoms. The van der Waals surface area contributed by atoms with Gasteiger partial charge in [-0.3, -0.25) is 0 Å². The SMILES string of the molecule is O=P(c1ccccc1)(c1ccccc1)[C@@H](CP(c1ccccc1)c1ccccc1)[C@@H](O)CCc1ccccc1. The largest absolute Gasteiger partial charge is 0.392 e. The highest BCUT2D eigenvalue weighted by Gasteiger charge is 2.42. The molecule has 0 unspecified atom stereocenters. The number of benzene rings is 5. The van der Waals surface area contributed by atoms with Gasteiger partial charge in [0.15, 0.2) is 0 Å². The zero-order chi connectivity index (χ0) is 26.9. The maximum absolute atomic E-state index is 15.6. The Hall–Kier alpha value is -3.28. The second-order valence-electron chi connectivity index (χ2n) is 9.77. The molecule has 4 heteroatoms. The summed E-state index contributed by atoms with van der Waals surface area (Å²) in [4.78, 5) is 0. The Morgan fingerprint density at radius 2 is 0.949 bits per heavy atom. The summed E-state index contributed by atoms with van der Waals surface area (Å²) in [6, 6.07) is 50.9. The van der Waals surface area contributed by atoms with Crippen LogP contribution in [-0.2, 0) is 11.0 Å². The van der Waals surface area contributed by atoms with Gasteiger partial charge in [-0.25, -0.2) is 0 Å². The third kappa shape index (κ3) is 6.48. The highest BCUT2D eigenvalue weighted by molar-refractivity contribution is 7.81. The molecule has 0 spiro atoms. The fourth-order valence-corrected chi connectivity index (χ4v) is 12.0. The summed E-state index contributed by atoms with van der Waals surface area (Å²) < 4.78 is 15.6. The normalized spacial score (nSPS) is 13.2. The summed E-state index contributed by atoms with van der Waals surface area (Å²) in [6.45, 7) is 0. The molecule has 0 aromatic heterocycles. The van der Waals surface area contributed by atoms with E-state index in [2.05, 4.69) is 60.7 Å². The molecule has 0 aliphatic heterocycles. The number of aliphatic hydroxyl groups is 1. The quantitative estimate of drug-likeness (QED) is 0.192. The summed E-state index contributed by atoms with van der Waals surface area (Å²) in [5, 5.41) is 16.1. The van der Waals surface area contributed by atoms with E-state index < -0.39 is 26.8 Å². The lowest BCUT2D eigenvalue weighted by Gasteiger charge is -2.35. The molecule has 2 atom stereocenters. The first-order chi connectivity index (χ1) is 19.2. The van der Waals surface area contributed by atoms with Gasteiger partial charge >= 0.3 is 0 Å². The van der Waals surface area contributed by atoms with E-state index in [1.807, 2.05) is 91.0 Å². The standard InChI is InChI=1S/C35H34O2P2/c36-34(27-26-29-16-6-1-7-17-29)35(28-38(30-18-8-2-9-19-30)31-20-10-3-11-21-31)39(37,32-22-12-4-13-23-32)33-24-14-5-15-25-33/h1-25,34-36H,26-28H2/t34-,35-/m0/s1. The molecule has 5 aromatic carbocycles. The minimum absolute atomic E-state index is 0.447. The third-order valence-electron chi connectivity index (χ3n) is 7.27. The van der Waals surface area contributed by atoms with Gasteiger partial charge in [-0.2, -0.15) is 0 Å². The molecule has 0 bridgehead atoms. The van der Waals surface area contributed by atoms with Gasteiger partial charge in [0.05, 0.1) is 11.8 Å². The van der Waals surface area contributed by atoms with E-state index in [0.717, 1.165) is 17.0 Å². The van der Waals surface area contributed by atoms with Crippen LogP contribution in [0.5, 0.6) is 0 Å². The van der Waals surface area contributed by atoms with E-state index in [0.29, 0.717) is 12.6 Å². The molecular weight excluding hydrogens is 514 g/mol. The van der Waals surface area contributed by atoms with E-state index in [1.165, 1.54) is 16.2 Å². The van der Waals surface area contributed by atoms with Gasteiger partial charge in [0.25, 0.3) is 0 Å². The smallest absolute Gasteiger partial charge is 0.149 e. The van der Waals surface area contributed by atoms with Crippen LogP contribution >= 0.6 is 15.1 Å². The average Bonchev–Trinajstić information content (AvgIpc) is 3.02. The Bertz CT molecular complexity index is 1380. The lowest BCUT2D eigenvalue weighted by atomic mass is 10.1. The predicted octanol–water partition coefficient (Wildman–Crippen LogP) is 6.50. The van der Waals surface area contributed by atoms with Crippen LogP contribution < -0.4 is 21.2 Å². The van der Waals surface area contributed by atoms with Gasteiger partial charge in [0.1, 0.15) is 7.14 Å². The van der Waals surface area contributed by atoms with Crippen molar-refractivity contribution < 1.29 is 9.67 Å². The third-order valence-corrected chi connectivity index (χ3v) is 13.7. The molecule has 0 saturated carbocycles. The molecule has 0 amide bonds. The molecule has 0 aliphatic rings. The molecule has 2 nitrogen and oxygen atoms in total. The zero-order valence-corrected chi connectivity index (χ0v) is 23.7. The maximum atomic E-state index is 15.6. The first-order valence-electron chi connectivity index (χ1n) is 13.5. The maximum Gasteiger partial charge on any atom is 0.149 e. The van der Waals surface area contributed by atoms with Crippen LogP contribution in [0.15, 0.2) is 152 Å². The molecule has 0 heterocycles. The minimum atomic E-state index is -3.24. The molecule has 0 fully saturated rings. The number of rotatable bonds is 11. The zero-order valence-electron chi connectivity index (χ0n) is 22.0. The molecule has 5 aromatic rings. The van der Waals surface area contributed by atoms with E-state index >= 15 is 4.57 Å². The van der Waals surface area contributed by atoms with Gasteiger partial charge in [-0.15, -0.1) is 0 Å². The van der Waals surface area contributed by atoms with Crippen LogP contribution in [0.4, 0.5) is 0 Å². The van der Waals surface area contributed by atoms with Crippen molar-refractivity contribution in [3.63, 3.8) is 0 Å². The van der Waals surface area contributed by atoms with Crippen molar-refractivity contribution in [2.75, 3.05) is 6.16 Å². The Kier molecular flexibility index (Phi) is 9.23. The molecule has 1 N–H and O–H groups in total. The van der Waals surface area contributed by atoms with Crippen LogP contribution in [0, 0.1) is 0 Å². The van der Waals surface area contributed by atoms with Gasteiger partial charge < -0.3 is 9.67 Å². The lowest BCUT2D eigenvalue weighted by molar-refractivity contribution is 0.164. The van der Waals surface area contributed by atoms with E-state index in [1.54, 1.807) is 0 Å². The second kappa shape index (κ2) is 13.2. The fourth-order valence-electron chi connectivity index (χ4n) is 5.22. The highest BCUT2D eigenvalue weighted by atomic mass is 31.2. The summed E-state index contributed by atoms with van der Waals surface area (Å²) in [5.41, 5.74) is 0.732. The average molecular weight is 549 g/mol. The van der Waals surface area contributed by atoms with Gasteiger partial charge in [0, 0.05) is 10.6 Å². The van der Waals surface area contributed by atoms with E-state index in [9.17, 15) is 5.11 Å². The Morgan fingerprint density at radius 1 is 0.564 bits per heavy atom. The van der Waals surface area contributed by atoms with Crippen molar-refractivity contribution >= 4 is 36.3 Å². The topological polar surface area (TPSA) is 37.3 Å². The van der Waals surface area contributed by atoms with Crippen molar-refractivity contribution in [3.05, 3.63) is 157 Å². The van der Waals surface area contributed by atoms with Gasteiger partial charge in [0.2, 0.25) is 0 Å². The second-order valence-corrected chi connectivity index (χ2v) is 15.0. The molecule has 0 aliphatic carbocycles. The first kappa shape index (κ1) is 27.3. The lowest BCUT2D eigenvalue weighted by Crippen LogP contribution is -2.38. The van der Waals surface area contributed by atoms with Crippen molar-refractivity contribution in [1.29, 1.82) is 0 Å². The van der Waals surface area contributed by atoms with Crippen molar-refractivity contribution in [1.82, 2.24) is 0 Å². The first-order valence-corrected chi connectivity index (χ1v) is 16.8.